The van der Waals surface area contributed by atoms with E-state index < -0.39 is 0 Å². The van der Waals surface area contributed by atoms with E-state index in [2.05, 4.69) is 33.9 Å². The molecular weight excluding hydrogens is 298 g/mol. The fourth-order valence-corrected chi connectivity index (χ4v) is 2.89. The summed E-state index contributed by atoms with van der Waals surface area (Å²) in [6, 6.07) is 7.99. The summed E-state index contributed by atoms with van der Waals surface area (Å²) < 4.78 is 1.87. The van der Waals surface area contributed by atoms with Crippen LogP contribution < -0.4 is 0 Å². The maximum Gasteiger partial charge on any atom is 0.115 e. The lowest BCUT2D eigenvalue weighted by Gasteiger charge is -2.23. The molecule has 114 valence electrons. The number of aromatic nitrogens is 4. The highest BCUT2D eigenvalue weighted by atomic mass is 35.5. The normalized spacial score (nSPS) is 13.0. The molecule has 0 fully saturated rings. The lowest BCUT2D eigenvalue weighted by molar-refractivity contribution is 0.246. The van der Waals surface area contributed by atoms with Crippen LogP contribution in [-0.2, 0) is 13.6 Å². The first-order valence-electron chi connectivity index (χ1n) is 7.14. The first kappa shape index (κ1) is 14.9. The third-order valence-electron chi connectivity index (χ3n) is 3.99. The van der Waals surface area contributed by atoms with Gasteiger partial charge in [-0.05, 0) is 32.2 Å². The fraction of sp³-hybridized carbons (Fsp3) is 0.312. The van der Waals surface area contributed by atoms with Gasteiger partial charge in [0.1, 0.15) is 6.33 Å². The molecule has 3 aromatic rings. The third kappa shape index (κ3) is 2.69. The SMILES string of the molecule is CC(c1ccncn1)N(C)Cc1nn(C)c2cccc(Cl)c12. The minimum Gasteiger partial charge on any atom is -0.292 e. The summed E-state index contributed by atoms with van der Waals surface area (Å²) in [4.78, 5) is 10.5. The lowest BCUT2D eigenvalue weighted by Crippen LogP contribution is -2.23. The molecule has 0 aliphatic heterocycles. The van der Waals surface area contributed by atoms with Crippen molar-refractivity contribution in [2.24, 2.45) is 7.05 Å². The number of nitrogens with zero attached hydrogens (tertiary/aromatic N) is 5. The van der Waals surface area contributed by atoms with Crippen LogP contribution in [0.25, 0.3) is 10.9 Å². The Labute approximate surface area is 134 Å². The largest absolute Gasteiger partial charge is 0.292 e. The van der Waals surface area contributed by atoms with Crippen molar-refractivity contribution in [2.75, 3.05) is 7.05 Å². The zero-order chi connectivity index (χ0) is 15.7. The first-order valence-corrected chi connectivity index (χ1v) is 7.52. The second-order valence-electron chi connectivity index (χ2n) is 5.43. The predicted molar refractivity (Wildman–Crippen MR) is 87.6 cm³/mol. The van der Waals surface area contributed by atoms with Crippen molar-refractivity contribution >= 4 is 22.5 Å². The average Bonchev–Trinajstić information content (AvgIpc) is 2.85. The van der Waals surface area contributed by atoms with E-state index >= 15 is 0 Å². The summed E-state index contributed by atoms with van der Waals surface area (Å²) in [5.41, 5.74) is 3.01. The van der Waals surface area contributed by atoms with Crippen molar-refractivity contribution in [2.45, 2.75) is 19.5 Å². The van der Waals surface area contributed by atoms with Crippen LogP contribution in [-0.4, -0.2) is 31.7 Å². The predicted octanol–water partition coefficient (Wildman–Crippen LogP) is 3.21. The van der Waals surface area contributed by atoms with Gasteiger partial charge in [-0.1, -0.05) is 17.7 Å². The average molecular weight is 316 g/mol. The van der Waals surface area contributed by atoms with Crippen molar-refractivity contribution in [3.63, 3.8) is 0 Å². The molecule has 0 N–H and O–H groups in total. The monoisotopic (exact) mass is 315 g/mol. The summed E-state index contributed by atoms with van der Waals surface area (Å²) in [5, 5.41) is 6.39. The van der Waals surface area contributed by atoms with Gasteiger partial charge in [-0.15, -0.1) is 0 Å². The van der Waals surface area contributed by atoms with Crippen LogP contribution in [0.4, 0.5) is 0 Å². The highest BCUT2D eigenvalue weighted by molar-refractivity contribution is 6.35. The first-order chi connectivity index (χ1) is 10.6. The van der Waals surface area contributed by atoms with Gasteiger partial charge in [-0.3, -0.25) is 9.58 Å². The van der Waals surface area contributed by atoms with Crippen LogP contribution in [0.1, 0.15) is 24.4 Å². The standard InChI is InChI=1S/C16H18ClN5/c1-11(13-7-8-18-10-19-13)21(2)9-14-16-12(17)5-4-6-15(16)22(3)20-14/h4-8,10-11H,9H2,1-3H3. The van der Waals surface area contributed by atoms with E-state index in [-0.39, 0.29) is 6.04 Å². The van der Waals surface area contributed by atoms with Crippen molar-refractivity contribution < 1.29 is 0 Å². The van der Waals surface area contributed by atoms with Crippen molar-refractivity contribution in [3.05, 3.63) is 53.2 Å². The Morgan fingerprint density at radius 1 is 1.32 bits per heavy atom. The third-order valence-corrected chi connectivity index (χ3v) is 4.31. The molecule has 1 aromatic carbocycles. The maximum absolute atomic E-state index is 6.36. The van der Waals surface area contributed by atoms with Gasteiger partial charge >= 0.3 is 0 Å². The molecule has 0 aliphatic rings. The van der Waals surface area contributed by atoms with Crippen LogP contribution in [0.3, 0.4) is 0 Å². The smallest absolute Gasteiger partial charge is 0.115 e. The van der Waals surface area contributed by atoms with Crippen LogP contribution in [0.15, 0.2) is 36.8 Å². The number of halogens is 1. The number of aryl methyl sites for hydroxylation is 1. The summed E-state index contributed by atoms with van der Waals surface area (Å²) in [6.45, 7) is 2.82. The van der Waals surface area contributed by atoms with Gasteiger partial charge in [-0.2, -0.15) is 5.10 Å². The van der Waals surface area contributed by atoms with Crippen molar-refractivity contribution in [1.29, 1.82) is 0 Å². The summed E-state index contributed by atoms with van der Waals surface area (Å²) in [5.74, 6) is 0. The number of fused-ring (bicyclic) bond motifs is 1. The van der Waals surface area contributed by atoms with Gasteiger partial charge < -0.3 is 0 Å². The van der Waals surface area contributed by atoms with Gasteiger partial charge in [0.05, 0.1) is 21.9 Å². The molecule has 0 amide bonds. The van der Waals surface area contributed by atoms with Crippen LogP contribution >= 0.6 is 11.6 Å². The zero-order valence-corrected chi connectivity index (χ0v) is 13.6. The quantitative estimate of drug-likeness (QED) is 0.741. The molecule has 0 bridgehead atoms. The molecule has 5 nitrogen and oxygen atoms in total. The molecule has 1 atom stereocenters. The zero-order valence-electron chi connectivity index (χ0n) is 12.9. The Morgan fingerprint density at radius 2 is 2.14 bits per heavy atom. The fourth-order valence-electron chi connectivity index (χ4n) is 2.61. The molecule has 1 unspecified atom stereocenters. The minimum absolute atomic E-state index is 0.169. The molecule has 0 aliphatic carbocycles. The molecule has 0 spiro atoms. The van der Waals surface area contributed by atoms with Crippen molar-refractivity contribution in [3.8, 4) is 0 Å². The van der Waals surface area contributed by atoms with Crippen LogP contribution in [0, 0.1) is 0 Å². The summed E-state index contributed by atoms with van der Waals surface area (Å²) in [6.07, 6.45) is 3.34. The van der Waals surface area contributed by atoms with Crippen LogP contribution in [0.5, 0.6) is 0 Å². The number of benzene rings is 1. The lowest BCUT2D eigenvalue weighted by atomic mass is 10.1. The van der Waals surface area contributed by atoms with Gasteiger partial charge in [-0.25, -0.2) is 9.97 Å². The van der Waals surface area contributed by atoms with Gasteiger partial charge in [0.25, 0.3) is 0 Å². The Morgan fingerprint density at radius 3 is 2.86 bits per heavy atom. The molecule has 2 heterocycles. The molecule has 2 aromatic heterocycles. The van der Waals surface area contributed by atoms with Gasteiger partial charge in [0, 0.05) is 31.2 Å². The number of hydrogen-bond acceptors (Lipinski definition) is 4. The molecule has 0 radical (unpaired) electrons. The minimum atomic E-state index is 0.169. The molecule has 0 saturated carbocycles. The topological polar surface area (TPSA) is 46.8 Å². The second-order valence-corrected chi connectivity index (χ2v) is 5.84. The summed E-state index contributed by atoms with van der Waals surface area (Å²) in [7, 11) is 4.00. The Hall–Kier alpha value is -1.98. The van der Waals surface area contributed by atoms with Crippen molar-refractivity contribution in [1.82, 2.24) is 24.6 Å². The second kappa shape index (κ2) is 6.02. The highest BCUT2D eigenvalue weighted by Crippen LogP contribution is 2.28. The van der Waals surface area contributed by atoms with E-state index in [4.69, 9.17) is 11.6 Å². The molecule has 3 rings (SSSR count). The Kier molecular flexibility index (Phi) is 4.09. The van der Waals surface area contributed by atoms with Gasteiger partial charge in [0.2, 0.25) is 0 Å². The summed E-state index contributed by atoms with van der Waals surface area (Å²) >= 11 is 6.36. The maximum atomic E-state index is 6.36. The number of rotatable bonds is 4. The van der Waals surface area contributed by atoms with E-state index in [0.717, 1.165) is 27.3 Å². The van der Waals surface area contributed by atoms with Crippen LogP contribution in [0.2, 0.25) is 5.02 Å². The van der Waals surface area contributed by atoms with Gasteiger partial charge in [0.15, 0.2) is 0 Å². The number of hydrogen-bond donors (Lipinski definition) is 0. The highest BCUT2D eigenvalue weighted by Gasteiger charge is 2.18. The molecule has 6 heteroatoms. The molecular formula is C16H18ClN5. The molecule has 22 heavy (non-hydrogen) atoms. The van der Waals surface area contributed by atoms with E-state index in [0.29, 0.717) is 6.54 Å². The molecule has 0 saturated heterocycles. The van der Waals surface area contributed by atoms with E-state index in [1.165, 1.54) is 0 Å². The Balaban J connectivity index is 1.90. The van der Waals surface area contributed by atoms with E-state index in [9.17, 15) is 0 Å². The Bertz CT molecular complexity index is 784. The van der Waals surface area contributed by atoms with E-state index in [1.807, 2.05) is 36.0 Å². The van der Waals surface area contributed by atoms with E-state index in [1.54, 1.807) is 12.5 Å².